The zero-order valence-corrected chi connectivity index (χ0v) is 13.7. The Labute approximate surface area is 125 Å². The quantitative estimate of drug-likeness (QED) is 0.603. The molecule has 0 amide bonds. The molecular weight excluding hydrogens is 418 g/mol. The molecular formula is C11H10Br3NO2. The summed E-state index contributed by atoms with van der Waals surface area (Å²) >= 11 is 9.55. The monoisotopic (exact) mass is 425 g/mol. The molecule has 0 spiro atoms. The molecule has 2 rings (SSSR count). The van der Waals surface area contributed by atoms with Gasteiger partial charge in [-0.3, -0.25) is 9.59 Å². The Morgan fingerprint density at radius 3 is 1.88 bits per heavy atom. The van der Waals surface area contributed by atoms with Crippen LogP contribution in [0, 0.1) is 0 Å². The topological polar surface area (TPSA) is 37.4 Å². The van der Waals surface area contributed by atoms with Gasteiger partial charge >= 0.3 is 0 Å². The van der Waals surface area contributed by atoms with Crippen molar-refractivity contribution in [2.45, 2.75) is 19.3 Å². The first-order valence-corrected chi connectivity index (χ1v) is 7.71. The van der Waals surface area contributed by atoms with Gasteiger partial charge in [0.05, 0.1) is 13.4 Å². The van der Waals surface area contributed by atoms with Crippen LogP contribution in [-0.2, 0) is 9.59 Å². The highest BCUT2D eigenvalue weighted by molar-refractivity contribution is 9.15. The molecule has 6 heteroatoms. The Balaban J connectivity index is 2.38. The minimum absolute atomic E-state index is 0.134. The van der Waals surface area contributed by atoms with Gasteiger partial charge in [0.2, 0.25) is 11.6 Å². The van der Waals surface area contributed by atoms with Crippen molar-refractivity contribution in [2.75, 3.05) is 13.1 Å². The largest absolute Gasteiger partial charge is 0.367 e. The summed E-state index contributed by atoms with van der Waals surface area (Å²) in [4.78, 5) is 26.1. The van der Waals surface area contributed by atoms with Gasteiger partial charge in [-0.15, -0.1) is 0 Å². The maximum absolute atomic E-state index is 12.2. The van der Waals surface area contributed by atoms with Crippen molar-refractivity contribution in [1.29, 1.82) is 0 Å². The lowest BCUT2D eigenvalue weighted by Gasteiger charge is -2.32. The van der Waals surface area contributed by atoms with E-state index in [2.05, 4.69) is 47.8 Å². The summed E-state index contributed by atoms with van der Waals surface area (Å²) in [5.74, 6) is -0.317. The number of ketones is 2. The second-order valence-electron chi connectivity index (χ2n) is 4.00. The van der Waals surface area contributed by atoms with Crippen LogP contribution in [0.15, 0.2) is 19.1 Å². The van der Waals surface area contributed by atoms with E-state index in [-0.39, 0.29) is 16.0 Å². The fourth-order valence-corrected chi connectivity index (χ4v) is 3.65. The van der Waals surface area contributed by atoms with E-state index in [1.165, 1.54) is 6.42 Å². The predicted molar refractivity (Wildman–Crippen MR) is 76.3 cm³/mol. The smallest absolute Gasteiger partial charge is 0.218 e. The number of rotatable bonds is 1. The van der Waals surface area contributed by atoms with Crippen LogP contribution in [-0.4, -0.2) is 29.6 Å². The van der Waals surface area contributed by atoms with Gasteiger partial charge in [0, 0.05) is 13.1 Å². The molecule has 0 aromatic rings. The zero-order valence-electron chi connectivity index (χ0n) is 8.93. The number of carbonyl (C=O) groups excluding carboxylic acids is 2. The third-order valence-corrected chi connectivity index (χ3v) is 5.67. The Bertz CT molecular complexity index is 448. The molecule has 0 N–H and O–H groups in total. The maximum atomic E-state index is 12.2. The molecule has 92 valence electrons. The van der Waals surface area contributed by atoms with E-state index in [1.807, 2.05) is 4.90 Å². The third-order valence-electron chi connectivity index (χ3n) is 2.89. The number of piperidine rings is 1. The van der Waals surface area contributed by atoms with Crippen molar-refractivity contribution in [3.05, 3.63) is 19.1 Å². The summed E-state index contributed by atoms with van der Waals surface area (Å²) in [6.45, 7) is 1.67. The van der Waals surface area contributed by atoms with Gasteiger partial charge in [-0.25, -0.2) is 0 Å². The average Bonchev–Trinajstić information content (AvgIpc) is 2.36. The average molecular weight is 428 g/mol. The Hall–Kier alpha value is 0.0600. The van der Waals surface area contributed by atoms with Gasteiger partial charge in [0.15, 0.2) is 0 Å². The van der Waals surface area contributed by atoms with Crippen molar-refractivity contribution >= 4 is 59.4 Å². The van der Waals surface area contributed by atoms with E-state index in [4.69, 9.17) is 0 Å². The molecule has 1 saturated heterocycles. The first kappa shape index (κ1) is 13.5. The van der Waals surface area contributed by atoms with Crippen LogP contribution in [0.2, 0.25) is 0 Å². The maximum Gasteiger partial charge on any atom is 0.218 e. The van der Waals surface area contributed by atoms with Crippen LogP contribution in [0.5, 0.6) is 0 Å². The van der Waals surface area contributed by atoms with Gasteiger partial charge in [-0.1, -0.05) is 0 Å². The molecule has 2 aliphatic rings. The number of nitrogens with zero attached hydrogens (tertiary/aromatic N) is 1. The van der Waals surface area contributed by atoms with Crippen molar-refractivity contribution in [2.24, 2.45) is 0 Å². The van der Waals surface area contributed by atoms with Crippen LogP contribution < -0.4 is 0 Å². The van der Waals surface area contributed by atoms with Crippen molar-refractivity contribution in [3.63, 3.8) is 0 Å². The molecule has 0 unspecified atom stereocenters. The molecule has 0 atom stereocenters. The number of hydrogen-bond acceptors (Lipinski definition) is 3. The first-order valence-electron chi connectivity index (χ1n) is 5.33. The SMILES string of the molecule is O=C1C(Br)=C(Br)C(=O)C(N2CCCCC2)=C1Br. The van der Waals surface area contributed by atoms with Crippen LogP contribution in [0.1, 0.15) is 19.3 Å². The van der Waals surface area contributed by atoms with E-state index in [1.54, 1.807) is 0 Å². The molecule has 1 heterocycles. The lowest BCUT2D eigenvalue weighted by atomic mass is 10.0. The molecule has 0 saturated carbocycles. The van der Waals surface area contributed by atoms with E-state index in [9.17, 15) is 9.59 Å². The summed E-state index contributed by atoms with van der Waals surface area (Å²) in [7, 11) is 0. The Morgan fingerprint density at radius 1 is 0.765 bits per heavy atom. The highest BCUT2D eigenvalue weighted by atomic mass is 79.9. The molecule has 1 aliphatic heterocycles. The first-order chi connectivity index (χ1) is 8.04. The highest BCUT2D eigenvalue weighted by Gasteiger charge is 2.34. The van der Waals surface area contributed by atoms with Crippen LogP contribution in [0.25, 0.3) is 0 Å². The van der Waals surface area contributed by atoms with Crippen molar-refractivity contribution in [1.82, 2.24) is 4.90 Å². The third kappa shape index (κ3) is 2.44. The van der Waals surface area contributed by atoms with Crippen molar-refractivity contribution < 1.29 is 9.59 Å². The minimum Gasteiger partial charge on any atom is -0.367 e. The van der Waals surface area contributed by atoms with Gasteiger partial charge < -0.3 is 4.90 Å². The Morgan fingerprint density at radius 2 is 1.29 bits per heavy atom. The van der Waals surface area contributed by atoms with E-state index < -0.39 is 0 Å². The summed E-state index contributed by atoms with van der Waals surface area (Å²) in [6, 6.07) is 0. The zero-order chi connectivity index (χ0) is 12.6. The van der Waals surface area contributed by atoms with Crippen LogP contribution in [0.3, 0.4) is 0 Å². The summed E-state index contributed by atoms with van der Waals surface area (Å²) < 4.78 is 0.959. The molecule has 0 aromatic carbocycles. The molecule has 0 aromatic heterocycles. The number of hydrogen-bond donors (Lipinski definition) is 0. The summed E-state index contributed by atoms with van der Waals surface area (Å²) in [5, 5.41) is 0. The normalized spacial score (nSPS) is 22.6. The standard InChI is InChI=1S/C11H10Br3NO2/c12-6-7(13)11(17)9(8(14)10(6)16)15-4-2-1-3-5-15/h1-5H2. The van der Waals surface area contributed by atoms with E-state index >= 15 is 0 Å². The number of Topliss-reactive ketones (excluding diaryl/α,β-unsaturated/α-hetero) is 2. The lowest BCUT2D eigenvalue weighted by Crippen LogP contribution is -2.36. The van der Waals surface area contributed by atoms with Gasteiger partial charge in [-0.2, -0.15) is 0 Å². The molecule has 0 bridgehead atoms. The lowest BCUT2D eigenvalue weighted by molar-refractivity contribution is -0.116. The summed E-state index contributed by atoms with van der Waals surface area (Å²) in [6.07, 6.45) is 3.31. The second kappa shape index (κ2) is 5.36. The fraction of sp³-hybridized carbons (Fsp3) is 0.455. The van der Waals surface area contributed by atoms with Crippen LogP contribution in [0.4, 0.5) is 0 Å². The fourth-order valence-electron chi connectivity index (χ4n) is 2.01. The molecule has 1 fully saturated rings. The van der Waals surface area contributed by atoms with Gasteiger partial charge in [0.1, 0.15) is 5.70 Å². The van der Waals surface area contributed by atoms with Gasteiger partial charge in [0.25, 0.3) is 0 Å². The van der Waals surface area contributed by atoms with E-state index in [0.29, 0.717) is 14.7 Å². The molecule has 3 nitrogen and oxygen atoms in total. The molecule has 1 aliphatic carbocycles. The molecule has 0 radical (unpaired) electrons. The second-order valence-corrected chi connectivity index (χ2v) is 6.38. The number of likely N-dealkylation sites (tertiary alicyclic amines) is 1. The summed E-state index contributed by atoms with van der Waals surface area (Å²) in [5.41, 5.74) is 0.491. The van der Waals surface area contributed by atoms with Gasteiger partial charge in [-0.05, 0) is 67.1 Å². The highest BCUT2D eigenvalue weighted by Crippen LogP contribution is 2.36. The van der Waals surface area contributed by atoms with Crippen molar-refractivity contribution in [3.8, 4) is 0 Å². The minimum atomic E-state index is -0.183. The number of halogens is 3. The predicted octanol–water partition coefficient (Wildman–Crippen LogP) is 3.23. The number of allylic oxidation sites excluding steroid dienone is 3. The Kier molecular flexibility index (Phi) is 4.26. The van der Waals surface area contributed by atoms with Crippen LogP contribution >= 0.6 is 47.8 Å². The van der Waals surface area contributed by atoms with E-state index in [0.717, 1.165) is 25.9 Å². The molecule has 17 heavy (non-hydrogen) atoms. The number of carbonyl (C=O) groups is 2.